The van der Waals surface area contributed by atoms with Gasteiger partial charge in [0.25, 0.3) is 0 Å². The lowest BCUT2D eigenvalue weighted by Crippen LogP contribution is -2.23. The van der Waals surface area contributed by atoms with Crippen LogP contribution in [0.4, 0.5) is 13.2 Å². The van der Waals surface area contributed by atoms with Crippen molar-refractivity contribution in [3.05, 3.63) is 59.9 Å². The summed E-state index contributed by atoms with van der Waals surface area (Å²) in [4.78, 5) is 15.4. The van der Waals surface area contributed by atoms with Gasteiger partial charge in [-0.05, 0) is 60.3 Å². The Morgan fingerprint density at radius 2 is 1.52 bits per heavy atom. The summed E-state index contributed by atoms with van der Waals surface area (Å²) < 4.78 is 52.0. The molecular formula is C30H38F3N3O3Si. The predicted molar refractivity (Wildman–Crippen MR) is 151 cm³/mol. The first-order valence-electron chi connectivity index (χ1n) is 13.8. The summed E-state index contributed by atoms with van der Waals surface area (Å²) in [6, 6.07) is 16.6. The van der Waals surface area contributed by atoms with Gasteiger partial charge < -0.3 is 9.47 Å². The molecule has 1 aliphatic carbocycles. The summed E-state index contributed by atoms with van der Waals surface area (Å²) >= 11 is 0. The number of nitrogens with zero attached hydrogens (tertiary/aromatic N) is 3. The second-order valence-corrected chi connectivity index (χ2v) is 17.4. The molecule has 2 aromatic carbocycles. The van der Waals surface area contributed by atoms with Crippen LogP contribution in [0.5, 0.6) is 0 Å². The molecule has 0 aliphatic heterocycles. The van der Waals surface area contributed by atoms with Gasteiger partial charge in [0.15, 0.2) is 5.82 Å². The molecule has 10 heteroatoms. The van der Waals surface area contributed by atoms with E-state index in [1.165, 1.54) is 12.7 Å². The number of esters is 1. The van der Waals surface area contributed by atoms with Crippen LogP contribution in [0.15, 0.2) is 48.5 Å². The van der Waals surface area contributed by atoms with Gasteiger partial charge in [-0.1, -0.05) is 68.2 Å². The van der Waals surface area contributed by atoms with Crippen LogP contribution in [0.2, 0.25) is 25.7 Å². The second-order valence-electron chi connectivity index (χ2n) is 11.8. The van der Waals surface area contributed by atoms with E-state index >= 15 is 0 Å². The number of carbonyl (C=O) groups is 1. The minimum Gasteiger partial charge on any atom is -0.469 e. The molecule has 1 saturated carbocycles. The zero-order valence-corrected chi connectivity index (χ0v) is 24.6. The Morgan fingerprint density at radius 3 is 2.08 bits per heavy atom. The van der Waals surface area contributed by atoms with E-state index in [0.717, 1.165) is 47.5 Å². The molecule has 3 aromatic rings. The first-order chi connectivity index (χ1) is 18.9. The van der Waals surface area contributed by atoms with E-state index in [9.17, 15) is 18.0 Å². The maximum Gasteiger partial charge on any atom is 0.451 e. The van der Waals surface area contributed by atoms with Crippen LogP contribution in [0.1, 0.15) is 49.4 Å². The Bertz CT molecular complexity index is 1260. The molecule has 0 N–H and O–H groups in total. The lowest BCUT2D eigenvalue weighted by atomic mass is 9.77. The molecule has 0 saturated heterocycles. The lowest BCUT2D eigenvalue weighted by molar-refractivity contribution is -0.150. The number of hydrogen-bond donors (Lipinski definition) is 0. The van der Waals surface area contributed by atoms with Gasteiger partial charge in [0, 0.05) is 26.7 Å². The van der Waals surface area contributed by atoms with Crippen molar-refractivity contribution in [3.63, 3.8) is 0 Å². The summed E-state index contributed by atoms with van der Waals surface area (Å²) in [5.41, 5.74) is 3.79. The minimum absolute atomic E-state index is 0.0193. The van der Waals surface area contributed by atoms with Crippen molar-refractivity contribution in [2.75, 3.05) is 13.7 Å². The SMILES string of the molecule is COC(=O)C[C@H]1CC[C@H](c2ccc(-c3ccc(-c4nc(C(F)(F)F)n(COCC[Si](C)(C)C)n4)cc3)cc2)CC1. The number of alkyl halides is 3. The first kappa shape index (κ1) is 30.0. The van der Waals surface area contributed by atoms with Gasteiger partial charge in [-0.15, -0.1) is 5.10 Å². The molecule has 0 unspecified atom stereocenters. The van der Waals surface area contributed by atoms with E-state index in [2.05, 4.69) is 54.0 Å². The molecule has 1 aliphatic rings. The standard InChI is InChI=1S/C30H38F3N3O3Si/c1-38-27(37)19-21-5-7-22(8-6-21)23-9-11-24(12-10-23)25-13-15-26(16-14-25)28-34-29(30(31,32)33)36(35-28)20-39-17-18-40(2,3)4/h9-16,21-22H,5-8,17-20H2,1-4H3/t21-,22-. The third kappa shape index (κ3) is 8.03. The molecule has 0 spiro atoms. The third-order valence-corrected chi connectivity index (χ3v) is 9.23. The van der Waals surface area contributed by atoms with Crippen LogP contribution in [-0.2, 0) is 27.2 Å². The Balaban J connectivity index is 1.40. The average molecular weight is 574 g/mol. The second kappa shape index (κ2) is 12.7. The highest BCUT2D eigenvalue weighted by molar-refractivity contribution is 6.76. The number of carbonyl (C=O) groups excluding carboxylic acids is 1. The van der Waals surface area contributed by atoms with Gasteiger partial charge in [-0.2, -0.15) is 13.2 Å². The number of aromatic nitrogens is 3. The summed E-state index contributed by atoms with van der Waals surface area (Å²) in [5, 5.41) is 4.12. The van der Waals surface area contributed by atoms with Crippen LogP contribution in [0.3, 0.4) is 0 Å². The smallest absolute Gasteiger partial charge is 0.451 e. The maximum absolute atomic E-state index is 13.6. The van der Waals surface area contributed by atoms with Crippen molar-refractivity contribution < 1.29 is 27.4 Å². The minimum atomic E-state index is -4.63. The van der Waals surface area contributed by atoms with E-state index in [1.54, 1.807) is 12.1 Å². The van der Waals surface area contributed by atoms with Gasteiger partial charge in [0.05, 0.1) is 7.11 Å². The van der Waals surface area contributed by atoms with Crippen LogP contribution >= 0.6 is 0 Å². The fraction of sp³-hybridized carbons (Fsp3) is 0.500. The topological polar surface area (TPSA) is 66.2 Å². The molecule has 1 fully saturated rings. The largest absolute Gasteiger partial charge is 0.469 e. The van der Waals surface area contributed by atoms with Crippen molar-refractivity contribution in [2.24, 2.45) is 5.92 Å². The molecule has 0 amide bonds. The number of ether oxygens (including phenoxy) is 2. The number of hydrogen-bond acceptors (Lipinski definition) is 5. The van der Waals surface area contributed by atoms with Gasteiger partial charge in [-0.3, -0.25) is 4.79 Å². The van der Waals surface area contributed by atoms with E-state index < -0.39 is 20.1 Å². The van der Waals surface area contributed by atoms with Gasteiger partial charge in [0.2, 0.25) is 5.82 Å². The number of halogens is 3. The summed E-state index contributed by atoms with van der Waals surface area (Å²) in [7, 11) is 0.0805. The fourth-order valence-electron chi connectivity index (χ4n) is 5.07. The third-order valence-electron chi connectivity index (χ3n) is 7.52. The Morgan fingerprint density at radius 1 is 0.950 bits per heavy atom. The molecule has 0 atom stereocenters. The molecule has 1 aromatic heterocycles. The molecule has 4 rings (SSSR count). The van der Waals surface area contributed by atoms with Crippen LogP contribution in [0, 0.1) is 5.92 Å². The molecule has 0 radical (unpaired) electrons. The van der Waals surface area contributed by atoms with E-state index in [4.69, 9.17) is 9.47 Å². The highest BCUT2D eigenvalue weighted by Crippen LogP contribution is 2.38. The summed E-state index contributed by atoms with van der Waals surface area (Å²) in [6.45, 7) is 6.66. The lowest BCUT2D eigenvalue weighted by Gasteiger charge is -2.28. The molecule has 1 heterocycles. The van der Waals surface area contributed by atoms with Gasteiger partial charge in [0.1, 0.15) is 6.73 Å². The van der Waals surface area contributed by atoms with Crippen LogP contribution < -0.4 is 0 Å². The zero-order chi connectivity index (χ0) is 28.9. The van der Waals surface area contributed by atoms with E-state index in [-0.39, 0.29) is 18.5 Å². The Labute approximate surface area is 234 Å². The van der Waals surface area contributed by atoms with Crippen molar-refractivity contribution in [3.8, 4) is 22.5 Å². The fourth-order valence-corrected chi connectivity index (χ4v) is 5.83. The monoisotopic (exact) mass is 573 g/mol. The molecule has 40 heavy (non-hydrogen) atoms. The van der Waals surface area contributed by atoms with Gasteiger partial charge in [-0.25, -0.2) is 9.67 Å². The molecule has 6 nitrogen and oxygen atoms in total. The van der Waals surface area contributed by atoms with Crippen molar-refractivity contribution in [1.82, 2.24) is 14.8 Å². The maximum atomic E-state index is 13.6. The average Bonchev–Trinajstić information content (AvgIpc) is 3.36. The quantitative estimate of drug-likeness (QED) is 0.141. The first-order valence-corrected chi connectivity index (χ1v) is 17.5. The Hall–Kier alpha value is -2.98. The Kier molecular flexibility index (Phi) is 9.51. The summed E-state index contributed by atoms with van der Waals surface area (Å²) in [6.07, 6.45) is 0.0195. The number of methoxy groups -OCH3 is 1. The van der Waals surface area contributed by atoms with E-state index in [0.29, 0.717) is 30.4 Å². The number of rotatable bonds is 10. The molecule has 216 valence electrons. The normalized spacial score (nSPS) is 18.1. The highest BCUT2D eigenvalue weighted by Gasteiger charge is 2.38. The van der Waals surface area contributed by atoms with Crippen LogP contribution in [-0.4, -0.2) is 42.5 Å². The number of benzene rings is 2. The van der Waals surface area contributed by atoms with Crippen LogP contribution in [0.25, 0.3) is 22.5 Å². The zero-order valence-electron chi connectivity index (χ0n) is 23.6. The van der Waals surface area contributed by atoms with Gasteiger partial charge >= 0.3 is 12.1 Å². The van der Waals surface area contributed by atoms with Crippen molar-refractivity contribution in [1.29, 1.82) is 0 Å². The molecular weight excluding hydrogens is 535 g/mol. The predicted octanol–water partition coefficient (Wildman–Crippen LogP) is 7.78. The van der Waals surface area contributed by atoms with E-state index in [1.807, 2.05) is 12.1 Å². The molecule has 0 bridgehead atoms. The van der Waals surface area contributed by atoms with Crippen molar-refractivity contribution >= 4 is 14.0 Å². The highest BCUT2D eigenvalue weighted by atomic mass is 28.3. The summed E-state index contributed by atoms with van der Waals surface area (Å²) in [5.74, 6) is -0.295. The van der Waals surface area contributed by atoms with Crippen molar-refractivity contribution in [2.45, 2.75) is 76.6 Å².